The van der Waals surface area contributed by atoms with Crippen molar-refractivity contribution in [3.05, 3.63) is 53.1 Å². The maximum absolute atomic E-state index is 9.62. The van der Waals surface area contributed by atoms with E-state index < -0.39 is 5.60 Å². The Morgan fingerprint density at radius 1 is 1.14 bits per heavy atom. The minimum absolute atomic E-state index is 0.681. The number of benzene rings is 2. The van der Waals surface area contributed by atoms with Gasteiger partial charge in [-0.15, -0.1) is 0 Å². The van der Waals surface area contributed by atoms with E-state index >= 15 is 0 Å². The molecule has 0 radical (unpaired) electrons. The van der Waals surface area contributed by atoms with Gasteiger partial charge in [0.1, 0.15) is 11.4 Å². The van der Waals surface area contributed by atoms with Crippen LogP contribution in [0.5, 0.6) is 0 Å². The molecule has 0 aliphatic carbocycles. The van der Waals surface area contributed by atoms with Crippen molar-refractivity contribution in [2.24, 2.45) is 0 Å². The summed E-state index contributed by atoms with van der Waals surface area (Å²) >= 11 is 5.98. The molecule has 3 nitrogen and oxygen atoms in total. The highest BCUT2D eigenvalue weighted by Gasteiger charge is 2.07. The van der Waals surface area contributed by atoms with Gasteiger partial charge >= 0.3 is 0 Å². The third-order valence-electron chi connectivity index (χ3n) is 3.12. The fourth-order valence-electron chi connectivity index (χ4n) is 2.06. The van der Waals surface area contributed by atoms with E-state index in [2.05, 4.69) is 21.8 Å². The Hall–Kier alpha value is -2.28. The van der Waals surface area contributed by atoms with Crippen molar-refractivity contribution in [2.75, 3.05) is 0 Å². The van der Waals surface area contributed by atoms with Crippen LogP contribution in [-0.4, -0.2) is 20.7 Å². The summed E-state index contributed by atoms with van der Waals surface area (Å²) in [4.78, 5) is 7.81. The van der Waals surface area contributed by atoms with Crippen LogP contribution >= 0.6 is 11.6 Å². The molecule has 0 aliphatic heterocycles. The molecule has 0 saturated heterocycles. The molecule has 4 heteroatoms. The van der Waals surface area contributed by atoms with E-state index in [-0.39, 0.29) is 0 Å². The molecule has 2 aromatic carbocycles. The Labute approximate surface area is 134 Å². The molecule has 0 atom stereocenters. The molecule has 3 rings (SSSR count). The lowest BCUT2D eigenvalue weighted by molar-refractivity contribution is 0.143. The average Bonchev–Trinajstić information content (AvgIpc) is 2.88. The molecule has 0 aliphatic rings. The van der Waals surface area contributed by atoms with Gasteiger partial charge in [-0.2, -0.15) is 0 Å². The highest BCUT2D eigenvalue weighted by molar-refractivity contribution is 6.31. The predicted molar refractivity (Wildman–Crippen MR) is 89.7 cm³/mol. The van der Waals surface area contributed by atoms with Crippen LogP contribution < -0.4 is 0 Å². The van der Waals surface area contributed by atoms with Crippen LogP contribution in [0.1, 0.15) is 19.4 Å². The second-order valence-electron chi connectivity index (χ2n) is 5.63. The number of nitrogens with one attached hydrogen (secondary N) is 1. The topological polar surface area (TPSA) is 48.9 Å². The monoisotopic (exact) mass is 310 g/mol. The first-order valence-electron chi connectivity index (χ1n) is 6.92. The number of halogens is 1. The summed E-state index contributed by atoms with van der Waals surface area (Å²) < 4.78 is 0. The molecule has 0 fully saturated rings. The standard InChI is InChI=1S/C18H15ClN2O/c1-18(2,22)10-9-12-3-5-13(6-4-12)17-20-15-8-7-14(19)11-16(15)21-17/h3-8,11,22H,1-2H3,(H,20,21). The largest absolute Gasteiger partial charge is 0.378 e. The van der Waals surface area contributed by atoms with Gasteiger partial charge in [0, 0.05) is 16.1 Å². The molecule has 0 unspecified atom stereocenters. The Morgan fingerprint density at radius 2 is 1.86 bits per heavy atom. The van der Waals surface area contributed by atoms with Gasteiger partial charge in [-0.1, -0.05) is 35.6 Å². The number of rotatable bonds is 1. The highest BCUT2D eigenvalue weighted by atomic mass is 35.5. The third-order valence-corrected chi connectivity index (χ3v) is 3.35. The third kappa shape index (κ3) is 3.30. The molecule has 0 bridgehead atoms. The number of H-pyrrole nitrogens is 1. The highest BCUT2D eigenvalue weighted by Crippen LogP contribution is 2.23. The maximum Gasteiger partial charge on any atom is 0.138 e. The quantitative estimate of drug-likeness (QED) is 0.667. The van der Waals surface area contributed by atoms with Crippen molar-refractivity contribution in [1.29, 1.82) is 0 Å². The van der Waals surface area contributed by atoms with Crippen LogP contribution in [0, 0.1) is 11.8 Å². The molecule has 0 spiro atoms. The summed E-state index contributed by atoms with van der Waals surface area (Å²) in [6.45, 7) is 3.32. The number of imidazole rings is 1. The Bertz CT molecular complexity index is 877. The summed E-state index contributed by atoms with van der Waals surface area (Å²) in [6, 6.07) is 13.3. The fourth-order valence-corrected chi connectivity index (χ4v) is 2.23. The summed E-state index contributed by atoms with van der Waals surface area (Å²) in [6.07, 6.45) is 0. The SMILES string of the molecule is CC(C)(O)C#Cc1ccc(-c2nc3ccc(Cl)cc3[nH]2)cc1. The molecule has 22 heavy (non-hydrogen) atoms. The molecule has 0 amide bonds. The smallest absolute Gasteiger partial charge is 0.138 e. The first-order chi connectivity index (χ1) is 10.4. The van der Waals surface area contributed by atoms with E-state index in [0.717, 1.165) is 28.0 Å². The minimum Gasteiger partial charge on any atom is -0.378 e. The van der Waals surface area contributed by atoms with Gasteiger partial charge in [0.2, 0.25) is 0 Å². The Balaban J connectivity index is 1.92. The molecule has 0 saturated carbocycles. The molecular formula is C18H15ClN2O. The maximum atomic E-state index is 9.62. The number of aliphatic hydroxyl groups is 1. The van der Waals surface area contributed by atoms with Gasteiger partial charge < -0.3 is 10.1 Å². The number of hydrogen-bond donors (Lipinski definition) is 2. The summed E-state index contributed by atoms with van der Waals surface area (Å²) in [5.41, 5.74) is 2.63. The lowest BCUT2D eigenvalue weighted by Gasteiger charge is -2.05. The summed E-state index contributed by atoms with van der Waals surface area (Å²) in [5.74, 6) is 6.53. The molecule has 2 N–H and O–H groups in total. The van der Waals surface area contributed by atoms with Crippen molar-refractivity contribution in [1.82, 2.24) is 9.97 Å². The van der Waals surface area contributed by atoms with Crippen molar-refractivity contribution in [3.8, 4) is 23.2 Å². The Kier molecular flexibility index (Phi) is 3.66. The molecule has 3 aromatic rings. The normalized spacial score (nSPS) is 11.3. The number of fused-ring (bicyclic) bond motifs is 1. The molecule has 1 aromatic heterocycles. The predicted octanol–water partition coefficient (Wildman–Crippen LogP) is 4.01. The lowest BCUT2D eigenvalue weighted by atomic mass is 10.1. The number of hydrogen-bond acceptors (Lipinski definition) is 2. The van der Waals surface area contributed by atoms with Crippen molar-refractivity contribution < 1.29 is 5.11 Å². The van der Waals surface area contributed by atoms with Gasteiger partial charge in [0.15, 0.2) is 0 Å². The van der Waals surface area contributed by atoms with Gasteiger partial charge in [0.25, 0.3) is 0 Å². The second kappa shape index (κ2) is 5.49. The van der Waals surface area contributed by atoms with Gasteiger partial charge in [-0.25, -0.2) is 4.98 Å². The van der Waals surface area contributed by atoms with Gasteiger partial charge in [0.05, 0.1) is 11.0 Å². The van der Waals surface area contributed by atoms with E-state index in [9.17, 15) is 5.11 Å². The fraction of sp³-hybridized carbons (Fsp3) is 0.167. The van der Waals surface area contributed by atoms with E-state index in [0.29, 0.717) is 5.02 Å². The lowest BCUT2D eigenvalue weighted by Crippen LogP contribution is -2.14. The van der Waals surface area contributed by atoms with Crippen LogP contribution in [0.25, 0.3) is 22.4 Å². The van der Waals surface area contributed by atoms with Crippen LogP contribution in [0.15, 0.2) is 42.5 Å². The van der Waals surface area contributed by atoms with Crippen molar-refractivity contribution >= 4 is 22.6 Å². The summed E-state index contributed by atoms with van der Waals surface area (Å²) in [5, 5.41) is 10.3. The number of aromatic nitrogens is 2. The molecule has 110 valence electrons. The molecular weight excluding hydrogens is 296 g/mol. The van der Waals surface area contributed by atoms with E-state index in [4.69, 9.17) is 11.6 Å². The first-order valence-corrected chi connectivity index (χ1v) is 7.30. The van der Waals surface area contributed by atoms with Crippen LogP contribution in [0.3, 0.4) is 0 Å². The zero-order chi connectivity index (χ0) is 15.7. The van der Waals surface area contributed by atoms with Crippen LogP contribution in [-0.2, 0) is 0 Å². The van der Waals surface area contributed by atoms with Crippen LogP contribution in [0.4, 0.5) is 0 Å². The minimum atomic E-state index is -0.989. The van der Waals surface area contributed by atoms with E-state index in [1.165, 1.54) is 0 Å². The zero-order valence-electron chi connectivity index (χ0n) is 12.3. The average molecular weight is 311 g/mol. The molecule has 1 heterocycles. The second-order valence-corrected chi connectivity index (χ2v) is 6.07. The summed E-state index contributed by atoms with van der Waals surface area (Å²) in [7, 11) is 0. The van der Waals surface area contributed by atoms with Crippen molar-refractivity contribution in [3.63, 3.8) is 0 Å². The number of aromatic amines is 1. The zero-order valence-corrected chi connectivity index (χ0v) is 13.1. The van der Waals surface area contributed by atoms with Gasteiger partial charge in [-0.05, 0) is 44.2 Å². The van der Waals surface area contributed by atoms with Crippen LogP contribution in [0.2, 0.25) is 5.02 Å². The Morgan fingerprint density at radius 3 is 2.55 bits per heavy atom. The van der Waals surface area contributed by atoms with Crippen molar-refractivity contribution in [2.45, 2.75) is 19.4 Å². The van der Waals surface area contributed by atoms with Gasteiger partial charge in [-0.3, -0.25) is 0 Å². The number of nitrogens with zero attached hydrogens (tertiary/aromatic N) is 1. The first kappa shape index (κ1) is 14.6. The van der Waals surface area contributed by atoms with E-state index in [1.54, 1.807) is 13.8 Å². The van der Waals surface area contributed by atoms with E-state index in [1.807, 2.05) is 42.5 Å².